The highest BCUT2D eigenvalue weighted by atomic mass is 16.1. The molecule has 0 spiro atoms. The number of anilines is 6. The van der Waals surface area contributed by atoms with E-state index in [1.807, 2.05) is 24.3 Å². The Balaban J connectivity index is 0.000000148. The molecule has 0 aliphatic heterocycles. The second-order valence-electron chi connectivity index (χ2n) is 28.4. The van der Waals surface area contributed by atoms with Gasteiger partial charge in [0.1, 0.15) is 6.29 Å². The summed E-state index contributed by atoms with van der Waals surface area (Å²) in [6.45, 7) is 9.38. The van der Waals surface area contributed by atoms with Crippen molar-refractivity contribution in [2.45, 2.75) is 44.9 Å². The largest absolute Gasteiger partial charge is 0.310 e. The second kappa shape index (κ2) is 25.0. The van der Waals surface area contributed by atoms with Crippen molar-refractivity contribution >= 4 is 62.2 Å². The predicted octanol–water partition coefficient (Wildman–Crippen LogP) is 26.1. The number of carbonyl (C=O) groups excluding carboxylic acids is 1. The fourth-order valence-corrected chi connectivity index (χ4v) is 16.5. The molecule has 1 aromatic heterocycles. The van der Waals surface area contributed by atoms with Gasteiger partial charge in [-0.1, -0.05) is 258 Å². The van der Waals surface area contributed by atoms with Crippen LogP contribution in [0.25, 0.3) is 105 Å². The second-order valence-corrected chi connectivity index (χ2v) is 28.4. The van der Waals surface area contributed by atoms with E-state index >= 15 is 0 Å². The van der Waals surface area contributed by atoms with Crippen LogP contribution in [0.4, 0.5) is 34.1 Å². The summed E-state index contributed by atoms with van der Waals surface area (Å²) in [5.41, 5.74) is 36.6. The van der Waals surface area contributed by atoms with Gasteiger partial charge in [-0.25, -0.2) is 0 Å². The van der Waals surface area contributed by atoms with Crippen LogP contribution in [-0.2, 0) is 17.3 Å². The smallest absolute Gasteiger partial charge is 0.150 e. The Morgan fingerprint density at radius 3 is 1.16 bits per heavy atom. The number of para-hydroxylation sites is 1. The summed E-state index contributed by atoms with van der Waals surface area (Å²) in [7, 11) is 0. The van der Waals surface area contributed by atoms with E-state index in [4.69, 9.17) is 0 Å². The molecule has 486 valence electrons. The number of fused-ring (bicyclic) bond motifs is 12. The maximum absolute atomic E-state index is 11.4. The average molecular weight is 1310 g/mol. The number of aromatic nitrogens is 1. The highest BCUT2D eigenvalue weighted by Crippen LogP contribution is 2.53. The molecule has 102 heavy (non-hydrogen) atoms. The van der Waals surface area contributed by atoms with E-state index < -0.39 is 0 Å². The van der Waals surface area contributed by atoms with Crippen molar-refractivity contribution in [2.24, 2.45) is 0 Å². The molecule has 0 amide bonds. The van der Waals surface area contributed by atoms with Crippen LogP contribution in [0.5, 0.6) is 0 Å². The number of hydrogen-bond donors (Lipinski definition) is 0. The SMILES string of the molecule is CC1(C)c2ccccc2-c2ccc(N(c3ccc(-c4ccccc4)cc3)c3ccc(-c4ccc5c(c4)-c4ccccc4C5)cc3)cc21.CC1(C)c2ccccc2-c2ccc(N(c3ccc(-c4ccccc4)cc3)c3ccc(-c4ccc5c(c4)c4ccccc4n5-c4ccc(C=O)cc4)cc3)cc21. The molecule has 16 aromatic rings. The normalized spacial score (nSPS) is 13.1. The van der Waals surface area contributed by atoms with Gasteiger partial charge in [-0.2, -0.15) is 0 Å². The van der Waals surface area contributed by atoms with Crippen LogP contribution in [-0.4, -0.2) is 10.9 Å². The molecule has 0 unspecified atom stereocenters. The van der Waals surface area contributed by atoms with Crippen molar-refractivity contribution in [1.29, 1.82) is 0 Å². The molecular weight excluding hydrogens is 1240 g/mol. The van der Waals surface area contributed by atoms with Gasteiger partial charge >= 0.3 is 0 Å². The van der Waals surface area contributed by atoms with Crippen molar-refractivity contribution in [3.05, 3.63) is 391 Å². The van der Waals surface area contributed by atoms with Crippen molar-refractivity contribution in [2.75, 3.05) is 9.80 Å². The first-order chi connectivity index (χ1) is 50.0. The maximum atomic E-state index is 11.4. The summed E-state index contributed by atoms with van der Waals surface area (Å²) in [4.78, 5) is 16.1. The van der Waals surface area contributed by atoms with E-state index in [1.54, 1.807) is 0 Å². The third-order valence-electron chi connectivity index (χ3n) is 21.8. The zero-order chi connectivity index (χ0) is 68.6. The number of nitrogens with zero attached hydrogens (tertiary/aromatic N) is 3. The lowest BCUT2D eigenvalue weighted by Gasteiger charge is -2.28. The molecule has 0 radical (unpaired) electrons. The summed E-state index contributed by atoms with van der Waals surface area (Å²) >= 11 is 0. The first-order valence-electron chi connectivity index (χ1n) is 35.4. The number of carbonyl (C=O) groups is 1. The van der Waals surface area contributed by atoms with Crippen LogP contribution in [0.3, 0.4) is 0 Å². The molecule has 0 bridgehead atoms. The highest BCUT2D eigenvalue weighted by molar-refractivity contribution is 6.10. The lowest BCUT2D eigenvalue weighted by molar-refractivity contribution is 0.112. The predicted molar refractivity (Wildman–Crippen MR) is 427 cm³/mol. The topological polar surface area (TPSA) is 28.5 Å². The Labute approximate surface area is 597 Å². The Hall–Kier alpha value is -12.6. The summed E-state index contributed by atoms with van der Waals surface area (Å²) in [5.74, 6) is 0. The highest BCUT2D eigenvalue weighted by Gasteiger charge is 2.37. The van der Waals surface area contributed by atoms with Crippen molar-refractivity contribution < 1.29 is 4.79 Å². The average Bonchev–Trinajstić information content (AvgIpc) is 1.58. The summed E-state index contributed by atoms with van der Waals surface area (Å²) in [6, 6.07) is 128. The molecule has 0 N–H and O–H groups in total. The monoisotopic (exact) mass is 1310 g/mol. The van der Waals surface area contributed by atoms with E-state index in [2.05, 4.69) is 370 Å². The summed E-state index contributed by atoms with van der Waals surface area (Å²) < 4.78 is 2.28. The Kier molecular flexibility index (Phi) is 15.1. The lowest BCUT2D eigenvalue weighted by atomic mass is 9.82. The zero-order valence-corrected chi connectivity index (χ0v) is 57.5. The number of hydrogen-bond acceptors (Lipinski definition) is 3. The van der Waals surface area contributed by atoms with Gasteiger partial charge in [-0.05, 0) is 239 Å². The lowest BCUT2D eigenvalue weighted by Crippen LogP contribution is -2.16. The van der Waals surface area contributed by atoms with Gasteiger partial charge in [0.05, 0.1) is 11.0 Å². The minimum absolute atomic E-state index is 0.0686. The number of benzene rings is 15. The molecule has 3 aliphatic carbocycles. The van der Waals surface area contributed by atoms with Crippen LogP contribution < -0.4 is 9.80 Å². The van der Waals surface area contributed by atoms with E-state index in [0.717, 1.165) is 69.0 Å². The molecule has 15 aromatic carbocycles. The van der Waals surface area contributed by atoms with Crippen LogP contribution in [0, 0.1) is 0 Å². The van der Waals surface area contributed by atoms with Crippen molar-refractivity contribution in [3.63, 3.8) is 0 Å². The minimum atomic E-state index is -0.102. The molecule has 0 saturated carbocycles. The molecule has 0 saturated heterocycles. The van der Waals surface area contributed by atoms with Gasteiger partial charge in [0.2, 0.25) is 0 Å². The third kappa shape index (κ3) is 10.7. The zero-order valence-electron chi connectivity index (χ0n) is 57.5. The molecule has 19 rings (SSSR count). The Morgan fingerprint density at radius 2 is 0.647 bits per heavy atom. The first-order valence-corrected chi connectivity index (χ1v) is 35.4. The molecule has 1 heterocycles. The van der Waals surface area contributed by atoms with E-state index in [-0.39, 0.29) is 10.8 Å². The van der Waals surface area contributed by atoms with E-state index in [0.29, 0.717) is 5.56 Å². The maximum Gasteiger partial charge on any atom is 0.150 e. The van der Waals surface area contributed by atoms with Gasteiger partial charge in [-0.15, -0.1) is 0 Å². The Morgan fingerprint density at radius 1 is 0.275 bits per heavy atom. The fourth-order valence-electron chi connectivity index (χ4n) is 16.5. The van der Waals surface area contributed by atoms with Crippen LogP contribution >= 0.6 is 0 Å². The molecule has 4 heteroatoms. The van der Waals surface area contributed by atoms with Crippen LogP contribution in [0.1, 0.15) is 71.4 Å². The molecule has 3 aliphatic rings. The fraction of sp³-hybridized carbons (Fsp3) is 0.0714. The standard InChI is InChI=1S/C52H38N2O.C46H35N/c1-52(2)48-14-8-6-12-44(48)45-30-29-43(33-49(45)52)53(40-25-18-37(19-26-40)36-10-4-3-5-11-36)41-27-20-38(21-28-41)39-22-31-51-47(32-39)46-13-7-9-15-50(46)54(51)42-23-16-35(34-55)17-24-42;1-46(2)44-15-9-8-14-41(44)42-27-26-39(30-45(42)46)47(37-22-18-32(19-23-37)31-10-4-3-5-11-31)38-24-20-33(21-25-38)34-16-17-36-28-35-12-6-7-13-40(35)43(36)29-34/h3-34H,1-2H3;3-27,29-30H,28H2,1-2H3. The van der Waals surface area contributed by atoms with Gasteiger partial charge in [0.25, 0.3) is 0 Å². The van der Waals surface area contributed by atoms with Gasteiger partial charge in [0, 0.05) is 67.0 Å². The van der Waals surface area contributed by atoms with E-state index in [9.17, 15) is 4.79 Å². The summed E-state index contributed by atoms with van der Waals surface area (Å²) in [5, 5.41) is 2.39. The quantitative estimate of drug-likeness (QED) is 0.114. The minimum Gasteiger partial charge on any atom is -0.310 e. The van der Waals surface area contributed by atoms with Gasteiger partial charge < -0.3 is 14.4 Å². The molecule has 0 fully saturated rings. The van der Waals surface area contributed by atoms with Crippen LogP contribution in [0.15, 0.2) is 352 Å². The third-order valence-corrected chi connectivity index (χ3v) is 21.8. The molecule has 4 nitrogen and oxygen atoms in total. The Bertz CT molecular complexity index is 5890. The molecule has 0 atom stereocenters. The number of aldehydes is 1. The number of rotatable bonds is 12. The van der Waals surface area contributed by atoms with Crippen molar-refractivity contribution in [1.82, 2.24) is 4.57 Å². The van der Waals surface area contributed by atoms with Gasteiger partial charge in [-0.3, -0.25) is 4.79 Å². The van der Waals surface area contributed by atoms with Crippen LogP contribution in [0.2, 0.25) is 0 Å². The molecular formula is C98H73N3O. The summed E-state index contributed by atoms with van der Waals surface area (Å²) in [6.07, 6.45) is 1.91. The van der Waals surface area contributed by atoms with E-state index in [1.165, 1.54) is 117 Å². The van der Waals surface area contributed by atoms with Crippen molar-refractivity contribution in [3.8, 4) is 83.6 Å². The van der Waals surface area contributed by atoms with Gasteiger partial charge in [0.15, 0.2) is 0 Å². The first kappa shape index (κ1) is 61.7.